The quantitative estimate of drug-likeness (QED) is 0.746. The number of carboxylic acids is 1. The van der Waals surface area contributed by atoms with Crippen molar-refractivity contribution < 1.29 is 9.90 Å². The Labute approximate surface area is 85.1 Å². The second-order valence-electron chi connectivity index (χ2n) is 4.90. The van der Waals surface area contributed by atoms with Crippen LogP contribution in [0.25, 0.3) is 0 Å². The van der Waals surface area contributed by atoms with Gasteiger partial charge in [-0.25, -0.2) is 0 Å². The number of carbonyl (C=O) groups is 1. The van der Waals surface area contributed by atoms with Crippen LogP contribution in [0.15, 0.2) is 0 Å². The second-order valence-corrected chi connectivity index (χ2v) is 4.90. The van der Waals surface area contributed by atoms with Crippen molar-refractivity contribution in [3.05, 3.63) is 0 Å². The first-order chi connectivity index (χ1) is 6.59. The Morgan fingerprint density at radius 3 is 2.64 bits per heavy atom. The Hall–Kier alpha value is -0.570. The molecule has 3 nitrogen and oxygen atoms in total. The van der Waals surface area contributed by atoms with Crippen molar-refractivity contribution in [3.63, 3.8) is 0 Å². The lowest BCUT2D eigenvalue weighted by atomic mass is 9.92. The van der Waals surface area contributed by atoms with Gasteiger partial charge < -0.3 is 5.11 Å². The molecular formula is C11H19NO2. The predicted molar refractivity (Wildman–Crippen MR) is 54.1 cm³/mol. The Morgan fingerprint density at radius 2 is 2.14 bits per heavy atom. The number of aliphatic carboxylic acids is 1. The molecule has 14 heavy (non-hydrogen) atoms. The highest BCUT2D eigenvalue weighted by atomic mass is 16.4. The summed E-state index contributed by atoms with van der Waals surface area (Å²) in [7, 11) is 0. The van der Waals surface area contributed by atoms with Crippen LogP contribution in [0.3, 0.4) is 0 Å². The van der Waals surface area contributed by atoms with Crippen molar-refractivity contribution in [2.24, 2.45) is 11.8 Å². The molecule has 1 heterocycles. The molecule has 3 heteroatoms. The number of nitrogens with zero attached hydrogens (tertiary/aromatic N) is 1. The molecule has 2 aliphatic rings. The van der Waals surface area contributed by atoms with Crippen LogP contribution < -0.4 is 0 Å². The lowest BCUT2D eigenvalue weighted by Crippen LogP contribution is -2.30. The van der Waals surface area contributed by atoms with E-state index in [1.807, 2.05) is 6.92 Å². The molecule has 1 saturated carbocycles. The van der Waals surface area contributed by atoms with Gasteiger partial charge in [-0.1, -0.05) is 6.92 Å². The van der Waals surface area contributed by atoms with Gasteiger partial charge in [0.05, 0.1) is 5.92 Å². The van der Waals surface area contributed by atoms with E-state index in [0.29, 0.717) is 12.0 Å². The summed E-state index contributed by atoms with van der Waals surface area (Å²) in [5.74, 6) is -0.454. The van der Waals surface area contributed by atoms with E-state index in [1.165, 1.54) is 12.8 Å². The molecule has 0 radical (unpaired) electrons. The summed E-state index contributed by atoms with van der Waals surface area (Å²) in [6, 6.07) is 1.37. The summed E-state index contributed by atoms with van der Waals surface area (Å²) >= 11 is 0. The van der Waals surface area contributed by atoms with Gasteiger partial charge in [0.2, 0.25) is 0 Å². The van der Waals surface area contributed by atoms with E-state index in [1.54, 1.807) is 0 Å². The standard InChI is InChI=1S/C11H19NO2/c1-7-5-9(8(2)11(13)14)6-12(7)10-3-4-10/h7-10H,3-6H2,1-2H3,(H,13,14). The third-order valence-corrected chi connectivity index (χ3v) is 3.77. The van der Waals surface area contributed by atoms with Crippen molar-refractivity contribution in [2.45, 2.75) is 45.2 Å². The molecule has 2 rings (SSSR count). The molecule has 0 aromatic carbocycles. The van der Waals surface area contributed by atoms with E-state index in [4.69, 9.17) is 5.11 Å². The minimum Gasteiger partial charge on any atom is -0.481 e. The van der Waals surface area contributed by atoms with Gasteiger partial charge in [-0.2, -0.15) is 0 Å². The van der Waals surface area contributed by atoms with Crippen LogP contribution in [-0.4, -0.2) is 34.6 Å². The normalized spacial score (nSPS) is 35.9. The Bertz CT molecular complexity index is 237. The van der Waals surface area contributed by atoms with Crippen LogP contribution in [0.5, 0.6) is 0 Å². The van der Waals surface area contributed by atoms with E-state index in [2.05, 4.69) is 11.8 Å². The SMILES string of the molecule is CC(C(=O)O)C1CC(C)N(C2CC2)C1. The van der Waals surface area contributed by atoms with E-state index < -0.39 is 5.97 Å². The molecule has 1 aliphatic carbocycles. The third-order valence-electron chi connectivity index (χ3n) is 3.77. The fraction of sp³-hybridized carbons (Fsp3) is 0.909. The second kappa shape index (κ2) is 3.54. The molecule has 0 amide bonds. The van der Waals surface area contributed by atoms with Crippen LogP contribution in [0.2, 0.25) is 0 Å². The molecule has 3 unspecified atom stereocenters. The van der Waals surface area contributed by atoms with Gasteiger partial charge in [0.15, 0.2) is 0 Å². The van der Waals surface area contributed by atoms with Crippen molar-refractivity contribution >= 4 is 5.97 Å². The molecule has 80 valence electrons. The van der Waals surface area contributed by atoms with Crippen molar-refractivity contribution in [3.8, 4) is 0 Å². The Balaban J connectivity index is 1.94. The highest BCUT2D eigenvalue weighted by Crippen LogP contribution is 2.37. The molecule has 0 aromatic rings. The van der Waals surface area contributed by atoms with Crippen LogP contribution in [0.1, 0.15) is 33.1 Å². The minimum absolute atomic E-state index is 0.179. The van der Waals surface area contributed by atoms with Gasteiger partial charge in [-0.3, -0.25) is 9.69 Å². The number of likely N-dealkylation sites (tertiary alicyclic amines) is 1. The number of hydrogen-bond donors (Lipinski definition) is 1. The van der Waals surface area contributed by atoms with Gasteiger partial charge in [0.1, 0.15) is 0 Å². The topological polar surface area (TPSA) is 40.5 Å². The summed E-state index contributed by atoms with van der Waals surface area (Å²) in [6.45, 7) is 5.07. The smallest absolute Gasteiger partial charge is 0.306 e. The van der Waals surface area contributed by atoms with Crippen LogP contribution in [0.4, 0.5) is 0 Å². The summed E-state index contributed by atoms with van der Waals surface area (Å²) in [4.78, 5) is 13.4. The van der Waals surface area contributed by atoms with Crippen molar-refractivity contribution in [2.75, 3.05) is 6.54 Å². The van der Waals surface area contributed by atoms with Crippen LogP contribution in [-0.2, 0) is 4.79 Å². The Kier molecular flexibility index (Phi) is 2.52. The van der Waals surface area contributed by atoms with E-state index in [-0.39, 0.29) is 5.92 Å². The van der Waals surface area contributed by atoms with E-state index in [9.17, 15) is 4.79 Å². The van der Waals surface area contributed by atoms with Crippen molar-refractivity contribution in [1.29, 1.82) is 0 Å². The highest BCUT2D eigenvalue weighted by molar-refractivity contribution is 5.69. The summed E-state index contributed by atoms with van der Waals surface area (Å²) < 4.78 is 0. The van der Waals surface area contributed by atoms with Gasteiger partial charge in [0.25, 0.3) is 0 Å². The highest BCUT2D eigenvalue weighted by Gasteiger charge is 2.41. The van der Waals surface area contributed by atoms with Gasteiger partial charge in [-0.05, 0) is 32.1 Å². The summed E-state index contributed by atoms with van der Waals surface area (Å²) in [5.41, 5.74) is 0. The molecule has 1 saturated heterocycles. The predicted octanol–water partition coefficient (Wildman–Crippen LogP) is 1.58. The zero-order valence-corrected chi connectivity index (χ0v) is 8.94. The van der Waals surface area contributed by atoms with Crippen LogP contribution in [0, 0.1) is 11.8 Å². The monoisotopic (exact) mass is 197 g/mol. The van der Waals surface area contributed by atoms with Crippen LogP contribution >= 0.6 is 0 Å². The molecule has 1 aliphatic heterocycles. The molecule has 0 spiro atoms. The third kappa shape index (κ3) is 1.78. The first-order valence-electron chi connectivity index (χ1n) is 5.58. The van der Waals surface area contributed by atoms with Gasteiger partial charge >= 0.3 is 5.97 Å². The lowest BCUT2D eigenvalue weighted by molar-refractivity contribution is -0.142. The van der Waals surface area contributed by atoms with Gasteiger partial charge in [0, 0.05) is 18.6 Å². The largest absolute Gasteiger partial charge is 0.481 e. The van der Waals surface area contributed by atoms with E-state index in [0.717, 1.165) is 19.0 Å². The maximum atomic E-state index is 10.9. The summed E-state index contributed by atoms with van der Waals surface area (Å²) in [5, 5.41) is 8.95. The zero-order valence-electron chi connectivity index (χ0n) is 8.94. The molecule has 0 bridgehead atoms. The first kappa shape index (κ1) is 9.97. The van der Waals surface area contributed by atoms with Gasteiger partial charge in [-0.15, -0.1) is 0 Å². The summed E-state index contributed by atoms with van der Waals surface area (Å²) in [6.07, 6.45) is 3.70. The number of hydrogen-bond acceptors (Lipinski definition) is 2. The fourth-order valence-electron chi connectivity index (χ4n) is 2.58. The maximum Gasteiger partial charge on any atom is 0.306 e. The average molecular weight is 197 g/mol. The van der Waals surface area contributed by atoms with E-state index >= 15 is 0 Å². The Morgan fingerprint density at radius 1 is 1.50 bits per heavy atom. The molecular weight excluding hydrogens is 178 g/mol. The maximum absolute atomic E-state index is 10.9. The molecule has 1 N–H and O–H groups in total. The number of rotatable bonds is 3. The fourth-order valence-corrected chi connectivity index (χ4v) is 2.58. The lowest BCUT2D eigenvalue weighted by Gasteiger charge is -2.20. The molecule has 2 fully saturated rings. The average Bonchev–Trinajstić information content (AvgIpc) is 2.89. The minimum atomic E-state index is -0.639. The zero-order chi connectivity index (χ0) is 10.3. The first-order valence-corrected chi connectivity index (χ1v) is 5.58. The number of carboxylic acid groups (broad SMARTS) is 1. The molecule has 3 atom stereocenters. The molecule has 0 aromatic heterocycles. The van der Waals surface area contributed by atoms with Crippen molar-refractivity contribution in [1.82, 2.24) is 4.90 Å².